The molecule has 0 aromatic rings. The number of nitrogens with zero attached hydrogens (tertiary/aromatic N) is 1. The summed E-state index contributed by atoms with van der Waals surface area (Å²) in [6.45, 7) is 10.9. The quantitative estimate of drug-likeness (QED) is 0.400. The van der Waals surface area contributed by atoms with Crippen LogP contribution in [0.3, 0.4) is 0 Å². The highest BCUT2D eigenvalue weighted by Gasteiger charge is 2.33. The summed E-state index contributed by atoms with van der Waals surface area (Å²) in [5.74, 6) is 2.51. The van der Waals surface area contributed by atoms with E-state index in [1.54, 1.807) is 0 Å². The summed E-state index contributed by atoms with van der Waals surface area (Å²) in [4.78, 5) is 0. The minimum Gasteiger partial charge on any atom is -0.183 e. The predicted octanol–water partition coefficient (Wildman–Crippen LogP) is 2.56. The molecule has 0 saturated carbocycles. The molecule has 11 heavy (non-hydrogen) atoms. The van der Waals surface area contributed by atoms with E-state index >= 15 is 0 Å². The fraction of sp³-hybridized carbons (Fsp3) is 0.667. The molecule has 0 unspecified atom stereocenters. The molecule has 0 N–H and O–H groups in total. The van der Waals surface area contributed by atoms with Crippen molar-refractivity contribution in [3.05, 3.63) is 0 Å². The number of hydrogen-bond donors (Lipinski definition) is 0. The highest BCUT2D eigenvalue weighted by atomic mass is 28.3. The molecule has 0 aliphatic rings. The highest BCUT2D eigenvalue weighted by Crippen LogP contribution is 2.34. The van der Waals surface area contributed by atoms with Crippen LogP contribution in [0, 0.1) is 22.8 Å². The Morgan fingerprint density at radius 3 is 1.91 bits per heavy atom. The van der Waals surface area contributed by atoms with Gasteiger partial charge in [0.25, 0.3) is 0 Å². The third kappa shape index (κ3) is 2.78. The second-order valence-corrected chi connectivity index (χ2v) is 9.24. The molecule has 0 fully saturated rings. The van der Waals surface area contributed by atoms with Gasteiger partial charge in [0.2, 0.25) is 0 Å². The zero-order valence-corrected chi connectivity index (χ0v) is 8.95. The van der Waals surface area contributed by atoms with Gasteiger partial charge in [0, 0.05) is 5.92 Å². The fourth-order valence-electron chi connectivity index (χ4n) is 0.372. The molecule has 1 nitrogen and oxygen atoms in total. The second kappa shape index (κ2) is 3.11. The molecule has 60 valence electrons. The minimum atomic E-state index is -1.51. The van der Waals surface area contributed by atoms with Crippen LogP contribution in [0.1, 0.15) is 20.8 Å². The maximum Gasteiger partial charge on any atom is 0.151 e. The maximum atomic E-state index is 8.29. The molecule has 0 radical (unpaired) electrons. The molecule has 0 aromatic heterocycles. The summed E-state index contributed by atoms with van der Waals surface area (Å²) in [6, 6.07) is 1.87. The zero-order valence-electron chi connectivity index (χ0n) is 7.95. The van der Waals surface area contributed by atoms with Crippen molar-refractivity contribution >= 4 is 8.07 Å². The molecule has 0 saturated heterocycles. The molecule has 2 heteroatoms. The number of hydrogen-bond acceptors (Lipinski definition) is 1. The van der Waals surface area contributed by atoms with E-state index in [2.05, 4.69) is 45.3 Å². The van der Waals surface area contributed by atoms with Crippen LogP contribution in [-0.4, -0.2) is 8.07 Å². The smallest absolute Gasteiger partial charge is 0.151 e. The lowest BCUT2D eigenvalue weighted by Crippen LogP contribution is -2.35. The summed E-state index contributed by atoms with van der Waals surface area (Å²) < 4.78 is 0. The first-order valence-corrected chi connectivity index (χ1v) is 6.72. The van der Waals surface area contributed by atoms with E-state index in [0.29, 0.717) is 0 Å². The Kier molecular flexibility index (Phi) is 2.90. The molecule has 0 heterocycles. The Balaban J connectivity index is 4.64. The first-order valence-electron chi connectivity index (χ1n) is 3.72. The van der Waals surface area contributed by atoms with Crippen molar-refractivity contribution in [2.75, 3.05) is 0 Å². The normalized spacial score (nSPS) is 11.3. The van der Waals surface area contributed by atoms with Crippen molar-refractivity contribution in [3.8, 4) is 17.5 Å². The van der Waals surface area contributed by atoms with Crippen LogP contribution < -0.4 is 0 Å². The number of rotatable bonds is 0. The van der Waals surface area contributed by atoms with Crippen LogP contribution in [0.5, 0.6) is 0 Å². The van der Waals surface area contributed by atoms with E-state index in [4.69, 9.17) is 5.26 Å². The summed E-state index contributed by atoms with van der Waals surface area (Å²) >= 11 is 0. The average Bonchev–Trinajstić information content (AvgIpc) is 1.81. The lowest BCUT2D eigenvalue weighted by Gasteiger charge is -2.31. The van der Waals surface area contributed by atoms with E-state index in [-0.39, 0.29) is 5.04 Å². The van der Waals surface area contributed by atoms with Gasteiger partial charge in [0.05, 0.1) is 0 Å². The van der Waals surface area contributed by atoms with Gasteiger partial charge >= 0.3 is 0 Å². The molecular weight excluding hydrogens is 150 g/mol. The van der Waals surface area contributed by atoms with E-state index in [9.17, 15) is 0 Å². The Morgan fingerprint density at radius 2 is 1.64 bits per heavy atom. The van der Waals surface area contributed by atoms with Crippen molar-refractivity contribution in [2.45, 2.75) is 38.9 Å². The minimum absolute atomic E-state index is 0.261. The maximum absolute atomic E-state index is 8.29. The van der Waals surface area contributed by atoms with Crippen LogP contribution in [0.25, 0.3) is 0 Å². The topological polar surface area (TPSA) is 23.8 Å². The lowest BCUT2D eigenvalue weighted by atomic mass is 10.2. The average molecular weight is 165 g/mol. The monoisotopic (exact) mass is 165 g/mol. The van der Waals surface area contributed by atoms with Gasteiger partial charge in [0.1, 0.15) is 8.07 Å². The van der Waals surface area contributed by atoms with Gasteiger partial charge < -0.3 is 0 Å². The molecule has 0 amide bonds. The van der Waals surface area contributed by atoms with Crippen molar-refractivity contribution < 1.29 is 0 Å². The van der Waals surface area contributed by atoms with Gasteiger partial charge in [-0.05, 0) is 5.04 Å². The van der Waals surface area contributed by atoms with Gasteiger partial charge in [-0.15, -0.1) is 5.54 Å². The third-order valence-electron chi connectivity index (χ3n) is 2.31. The van der Waals surface area contributed by atoms with Gasteiger partial charge in [-0.3, -0.25) is 0 Å². The molecule has 0 bridgehead atoms. The SMILES string of the molecule is CC(C)(C)[Si](C)(C)C#CC#N. The van der Waals surface area contributed by atoms with Crippen molar-refractivity contribution in [1.29, 1.82) is 5.26 Å². The highest BCUT2D eigenvalue weighted by molar-refractivity contribution is 6.87. The summed E-state index contributed by atoms with van der Waals surface area (Å²) in [7, 11) is -1.51. The summed E-state index contributed by atoms with van der Waals surface area (Å²) in [5, 5.41) is 8.55. The molecule has 0 aliphatic heterocycles. The zero-order chi connectivity index (χ0) is 9.12. The van der Waals surface area contributed by atoms with Crippen LogP contribution in [0.4, 0.5) is 0 Å². The standard InChI is InChI=1S/C9H15NSi/c1-9(2,3)11(4,5)8-6-7-10/h1-5H3. The Labute approximate surface area is 70.4 Å². The predicted molar refractivity (Wildman–Crippen MR) is 50.6 cm³/mol. The van der Waals surface area contributed by atoms with Gasteiger partial charge in [-0.25, -0.2) is 0 Å². The molecule has 0 spiro atoms. The van der Waals surface area contributed by atoms with E-state index in [1.807, 2.05) is 6.07 Å². The Bertz CT molecular complexity index is 229. The third-order valence-corrected chi connectivity index (χ3v) is 6.81. The van der Waals surface area contributed by atoms with E-state index < -0.39 is 8.07 Å². The van der Waals surface area contributed by atoms with E-state index in [1.165, 1.54) is 0 Å². The first-order chi connectivity index (χ1) is 4.81. The van der Waals surface area contributed by atoms with Gasteiger partial charge in [-0.2, -0.15) is 5.26 Å². The molecule has 0 atom stereocenters. The lowest BCUT2D eigenvalue weighted by molar-refractivity contribution is 0.731. The number of nitriles is 1. The Morgan fingerprint density at radius 1 is 1.18 bits per heavy atom. The van der Waals surface area contributed by atoms with Crippen LogP contribution in [-0.2, 0) is 0 Å². The van der Waals surface area contributed by atoms with Crippen LogP contribution >= 0.6 is 0 Å². The molecule has 0 rings (SSSR count). The van der Waals surface area contributed by atoms with Gasteiger partial charge in [0.15, 0.2) is 6.07 Å². The van der Waals surface area contributed by atoms with E-state index in [0.717, 1.165) is 0 Å². The molecular formula is C9H15NSi. The van der Waals surface area contributed by atoms with Crippen molar-refractivity contribution in [3.63, 3.8) is 0 Å². The summed E-state index contributed by atoms with van der Waals surface area (Å²) in [5.41, 5.74) is 3.08. The second-order valence-electron chi connectivity index (χ2n) is 4.24. The molecule has 0 aromatic carbocycles. The van der Waals surface area contributed by atoms with Crippen molar-refractivity contribution in [2.24, 2.45) is 0 Å². The van der Waals surface area contributed by atoms with Crippen LogP contribution in [0.15, 0.2) is 0 Å². The fourth-order valence-corrected chi connectivity index (χ4v) is 1.12. The largest absolute Gasteiger partial charge is 0.183 e. The first kappa shape index (κ1) is 10.3. The molecule has 0 aliphatic carbocycles. The van der Waals surface area contributed by atoms with Crippen LogP contribution in [0.2, 0.25) is 18.1 Å². The van der Waals surface area contributed by atoms with Crippen molar-refractivity contribution in [1.82, 2.24) is 0 Å². The summed E-state index contributed by atoms with van der Waals surface area (Å²) in [6.07, 6.45) is 0. The Hall–Kier alpha value is -0.733. The van der Waals surface area contributed by atoms with Gasteiger partial charge in [-0.1, -0.05) is 33.9 Å².